The number of nitrogens with one attached hydrogen (secondary N) is 1. The lowest BCUT2D eigenvalue weighted by Gasteiger charge is -2.46. The molecule has 0 aromatic heterocycles. The lowest BCUT2D eigenvalue weighted by atomic mass is 9.84. The summed E-state index contributed by atoms with van der Waals surface area (Å²) in [5.74, 6) is 0. The standard InChI is InChI=1S/C19H32N4O6/c20-10-6-11(21)18(17(27)14(10)24)29-19-13(22)16(26)15(25)12(28-19)8-23-7-9-4-2-1-3-5-9/h1-5,10-19,23-27H,6-8,20-22H2/t10-,11+,12-,13-,14+,15-,16-,17-,18-,19-/m1/s1. The van der Waals surface area contributed by atoms with Gasteiger partial charge in [0.2, 0.25) is 0 Å². The predicted octanol–water partition coefficient (Wildman–Crippen LogP) is -3.28. The number of aliphatic hydroxyl groups excluding tert-OH is 4. The molecule has 11 N–H and O–H groups in total. The van der Waals surface area contributed by atoms with E-state index in [-0.39, 0.29) is 13.0 Å². The molecule has 0 radical (unpaired) electrons. The molecule has 1 aliphatic carbocycles. The van der Waals surface area contributed by atoms with Gasteiger partial charge in [0.1, 0.15) is 30.5 Å². The van der Waals surface area contributed by atoms with Crippen LogP contribution >= 0.6 is 0 Å². The molecule has 10 nitrogen and oxygen atoms in total. The van der Waals surface area contributed by atoms with E-state index in [2.05, 4.69) is 5.32 Å². The minimum Gasteiger partial charge on any atom is -0.389 e. The van der Waals surface area contributed by atoms with Gasteiger partial charge in [-0.2, -0.15) is 0 Å². The summed E-state index contributed by atoms with van der Waals surface area (Å²) in [4.78, 5) is 0. The average molecular weight is 412 g/mol. The van der Waals surface area contributed by atoms with Crippen molar-refractivity contribution in [2.75, 3.05) is 6.54 Å². The van der Waals surface area contributed by atoms with E-state index in [0.29, 0.717) is 6.54 Å². The maximum Gasteiger partial charge on any atom is 0.176 e. The van der Waals surface area contributed by atoms with Crippen LogP contribution < -0.4 is 22.5 Å². The van der Waals surface area contributed by atoms with Crippen LogP contribution in [0.4, 0.5) is 0 Å². The van der Waals surface area contributed by atoms with Gasteiger partial charge in [-0.1, -0.05) is 30.3 Å². The first kappa shape index (κ1) is 22.5. The zero-order valence-electron chi connectivity index (χ0n) is 16.1. The number of rotatable bonds is 6. The van der Waals surface area contributed by atoms with Crippen molar-refractivity contribution in [3.63, 3.8) is 0 Å². The van der Waals surface area contributed by atoms with Crippen molar-refractivity contribution in [1.82, 2.24) is 5.32 Å². The van der Waals surface area contributed by atoms with Crippen LogP contribution in [0.15, 0.2) is 30.3 Å². The Morgan fingerprint density at radius 2 is 1.62 bits per heavy atom. The molecule has 1 aromatic carbocycles. The molecule has 1 aliphatic heterocycles. The van der Waals surface area contributed by atoms with E-state index < -0.39 is 61.0 Å². The highest BCUT2D eigenvalue weighted by Crippen LogP contribution is 2.27. The molecule has 0 unspecified atom stereocenters. The molecule has 10 heteroatoms. The summed E-state index contributed by atoms with van der Waals surface area (Å²) in [6.45, 7) is 0.795. The highest BCUT2D eigenvalue weighted by molar-refractivity contribution is 5.14. The molecular weight excluding hydrogens is 380 g/mol. The Bertz CT molecular complexity index is 640. The summed E-state index contributed by atoms with van der Waals surface area (Å²) in [6.07, 6.45) is -7.65. The highest BCUT2D eigenvalue weighted by atomic mass is 16.7. The third-order valence-corrected chi connectivity index (χ3v) is 5.65. The summed E-state index contributed by atoms with van der Waals surface area (Å²) >= 11 is 0. The first-order chi connectivity index (χ1) is 13.8. The SMILES string of the molecule is N[C@H]1[C@@H](O[C@H]2[C@H](O)[C@@H](O)[C@H](N)C[C@@H]2N)O[C@H](CNCc2ccccc2)[C@@H](O)[C@@H]1O. The Morgan fingerprint density at radius 1 is 0.931 bits per heavy atom. The Hall–Kier alpha value is -1.18. The van der Waals surface area contributed by atoms with Crippen LogP contribution in [0, 0.1) is 0 Å². The van der Waals surface area contributed by atoms with Gasteiger partial charge in [0.25, 0.3) is 0 Å². The number of hydrogen-bond acceptors (Lipinski definition) is 10. The second kappa shape index (κ2) is 9.75. The predicted molar refractivity (Wildman–Crippen MR) is 104 cm³/mol. The van der Waals surface area contributed by atoms with Crippen molar-refractivity contribution in [3.05, 3.63) is 35.9 Å². The molecule has 0 amide bonds. The zero-order valence-corrected chi connectivity index (χ0v) is 16.1. The zero-order chi connectivity index (χ0) is 21.1. The van der Waals surface area contributed by atoms with Crippen LogP contribution in [0.2, 0.25) is 0 Å². The minimum atomic E-state index is -1.32. The molecule has 1 saturated heterocycles. The molecule has 2 aliphatic rings. The van der Waals surface area contributed by atoms with Crippen LogP contribution in [0.3, 0.4) is 0 Å². The molecule has 1 saturated carbocycles. The van der Waals surface area contributed by atoms with Gasteiger partial charge in [0, 0.05) is 25.2 Å². The van der Waals surface area contributed by atoms with Crippen molar-refractivity contribution in [2.24, 2.45) is 17.2 Å². The quantitative estimate of drug-likeness (QED) is 0.235. The molecule has 164 valence electrons. The summed E-state index contributed by atoms with van der Waals surface area (Å²) in [7, 11) is 0. The van der Waals surface area contributed by atoms with E-state index in [0.717, 1.165) is 5.56 Å². The van der Waals surface area contributed by atoms with E-state index in [1.54, 1.807) is 0 Å². The molecular formula is C19H32N4O6. The fourth-order valence-electron chi connectivity index (χ4n) is 3.82. The Labute approximate surface area is 169 Å². The van der Waals surface area contributed by atoms with E-state index in [1.807, 2.05) is 30.3 Å². The van der Waals surface area contributed by atoms with Gasteiger partial charge in [-0.3, -0.25) is 0 Å². The minimum absolute atomic E-state index is 0.243. The topological polar surface area (TPSA) is 189 Å². The lowest BCUT2D eigenvalue weighted by Crippen LogP contribution is -2.67. The number of aliphatic hydroxyl groups is 4. The van der Waals surface area contributed by atoms with Gasteiger partial charge in [0.05, 0.1) is 12.1 Å². The van der Waals surface area contributed by atoms with Crippen LogP contribution in [0.1, 0.15) is 12.0 Å². The van der Waals surface area contributed by atoms with Crippen molar-refractivity contribution in [2.45, 2.75) is 74.0 Å². The van der Waals surface area contributed by atoms with Gasteiger partial charge >= 0.3 is 0 Å². The fourth-order valence-corrected chi connectivity index (χ4v) is 3.82. The molecule has 0 spiro atoms. The second-order valence-electron chi connectivity index (χ2n) is 7.86. The monoisotopic (exact) mass is 412 g/mol. The van der Waals surface area contributed by atoms with Gasteiger partial charge < -0.3 is 52.4 Å². The molecule has 2 fully saturated rings. The molecule has 3 rings (SSSR count). The first-order valence-corrected chi connectivity index (χ1v) is 9.84. The van der Waals surface area contributed by atoms with E-state index in [9.17, 15) is 20.4 Å². The Kier molecular flexibility index (Phi) is 7.57. The van der Waals surface area contributed by atoms with Crippen LogP contribution in [-0.2, 0) is 16.0 Å². The molecule has 1 heterocycles. The van der Waals surface area contributed by atoms with Crippen LogP contribution in [-0.4, -0.2) is 88.0 Å². The Morgan fingerprint density at radius 3 is 2.31 bits per heavy atom. The summed E-state index contributed by atoms with van der Waals surface area (Å²) in [6, 6.07) is 7.34. The fraction of sp³-hybridized carbons (Fsp3) is 0.684. The van der Waals surface area contributed by atoms with E-state index in [1.165, 1.54) is 0 Å². The molecule has 0 bridgehead atoms. The van der Waals surface area contributed by atoms with Crippen molar-refractivity contribution in [3.8, 4) is 0 Å². The summed E-state index contributed by atoms with van der Waals surface area (Å²) < 4.78 is 11.5. The highest BCUT2D eigenvalue weighted by Gasteiger charge is 2.48. The normalized spacial score (nSPS) is 43.3. The van der Waals surface area contributed by atoms with Gasteiger partial charge in [0.15, 0.2) is 6.29 Å². The van der Waals surface area contributed by atoms with E-state index in [4.69, 9.17) is 26.7 Å². The smallest absolute Gasteiger partial charge is 0.176 e. The number of benzene rings is 1. The summed E-state index contributed by atoms with van der Waals surface area (Å²) in [5, 5.41) is 44.1. The van der Waals surface area contributed by atoms with Crippen LogP contribution in [0.5, 0.6) is 0 Å². The molecule has 1 aromatic rings. The number of hydrogen-bond donors (Lipinski definition) is 8. The van der Waals surface area contributed by atoms with Gasteiger partial charge in [-0.05, 0) is 12.0 Å². The molecule has 10 atom stereocenters. The van der Waals surface area contributed by atoms with Crippen molar-refractivity contribution >= 4 is 0 Å². The van der Waals surface area contributed by atoms with Crippen molar-refractivity contribution in [1.29, 1.82) is 0 Å². The van der Waals surface area contributed by atoms with E-state index >= 15 is 0 Å². The number of ether oxygens (including phenoxy) is 2. The Balaban J connectivity index is 1.61. The van der Waals surface area contributed by atoms with Crippen molar-refractivity contribution < 1.29 is 29.9 Å². The third-order valence-electron chi connectivity index (χ3n) is 5.65. The molecule has 29 heavy (non-hydrogen) atoms. The number of nitrogens with two attached hydrogens (primary N) is 3. The first-order valence-electron chi connectivity index (χ1n) is 9.84. The lowest BCUT2D eigenvalue weighted by molar-refractivity contribution is -0.288. The third kappa shape index (κ3) is 5.12. The average Bonchev–Trinajstić information content (AvgIpc) is 2.71. The maximum atomic E-state index is 10.3. The second-order valence-corrected chi connectivity index (χ2v) is 7.86. The van der Waals surface area contributed by atoms with Gasteiger partial charge in [-0.15, -0.1) is 0 Å². The maximum absolute atomic E-state index is 10.3. The van der Waals surface area contributed by atoms with Crippen LogP contribution in [0.25, 0.3) is 0 Å². The summed E-state index contributed by atoms with van der Waals surface area (Å²) in [5.41, 5.74) is 18.8. The van der Waals surface area contributed by atoms with Gasteiger partial charge in [-0.25, -0.2) is 0 Å². The largest absolute Gasteiger partial charge is 0.389 e.